The Labute approximate surface area is 150 Å². The van der Waals surface area contributed by atoms with E-state index >= 15 is 0 Å². The second-order valence-corrected chi connectivity index (χ2v) is 7.42. The summed E-state index contributed by atoms with van der Waals surface area (Å²) >= 11 is 0. The molecule has 25 heavy (non-hydrogen) atoms. The van der Waals surface area contributed by atoms with Crippen LogP contribution in [0.4, 0.5) is 0 Å². The van der Waals surface area contributed by atoms with Crippen LogP contribution in [0.5, 0.6) is 11.6 Å². The van der Waals surface area contributed by atoms with Gasteiger partial charge in [0.25, 0.3) is 0 Å². The molecular formula is C20H28N4O. The molecule has 1 aromatic carbocycles. The molecule has 1 saturated carbocycles. The van der Waals surface area contributed by atoms with Gasteiger partial charge in [0.05, 0.1) is 11.3 Å². The first-order valence-electron chi connectivity index (χ1n) is 9.41. The van der Waals surface area contributed by atoms with E-state index in [1.165, 1.54) is 32.4 Å². The molecular weight excluding hydrogens is 312 g/mol. The van der Waals surface area contributed by atoms with E-state index in [-0.39, 0.29) is 0 Å². The summed E-state index contributed by atoms with van der Waals surface area (Å²) in [6, 6.07) is 10.8. The maximum Gasteiger partial charge on any atom is 0.222 e. The van der Waals surface area contributed by atoms with Crippen molar-refractivity contribution in [1.29, 1.82) is 0 Å². The zero-order valence-electron chi connectivity index (χ0n) is 15.2. The number of para-hydroxylation sites is 1. The van der Waals surface area contributed by atoms with Gasteiger partial charge in [-0.2, -0.15) is 5.10 Å². The highest BCUT2D eigenvalue weighted by Crippen LogP contribution is 2.31. The first-order valence-corrected chi connectivity index (χ1v) is 9.41. The number of likely N-dealkylation sites (tertiary alicyclic amines) is 1. The molecule has 1 atom stereocenters. The van der Waals surface area contributed by atoms with Crippen LogP contribution in [0, 0.1) is 12.8 Å². The van der Waals surface area contributed by atoms with Crippen molar-refractivity contribution in [1.82, 2.24) is 20.0 Å². The molecule has 1 aromatic heterocycles. The summed E-state index contributed by atoms with van der Waals surface area (Å²) in [5.74, 6) is 2.46. The average Bonchev–Trinajstić information content (AvgIpc) is 3.30. The van der Waals surface area contributed by atoms with E-state index in [9.17, 15) is 0 Å². The molecule has 2 fully saturated rings. The standard InChI is InChI=1S/C20H28N4O/c1-15-19(13-21-12-16-10-11-24(14-16)17-8-9-17)20(23(2)22-15)25-18-6-4-3-5-7-18/h3-7,16-17,21H,8-14H2,1-2H3/t16-/m0/s1. The lowest BCUT2D eigenvalue weighted by molar-refractivity contribution is 0.311. The van der Waals surface area contributed by atoms with Gasteiger partial charge < -0.3 is 15.0 Å². The van der Waals surface area contributed by atoms with Gasteiger partial charge in [0.1, 0.15) is 5.75 Å². The van der Waals surface area contributed by atoms with Crippen molar-refractivity contribution >= 4 is 0 Å². The van der Waals surface area contributed by atoms with Crippen molar-refractivity contribution in [3.8, 4) is 11.6 Å². The van der Waals surface area contributed by atoms with E-state index in [4.69, 9.17) is 4.74 Å². The van der Waals surface area contributed by atoms with Gasteiger partial charge in [0.15, 0.2) is 0 Å². The van der Waals surface area contributed by atoms with E-state index in [1.807, 2.05) is 42.1 Å². The summed E-state index contributed by atoms with van der Waals surface area (Å²) < 4.78 is 7.93. The molecule has 5 nitrogen and oxygen atoms in total. The highest BCUT2D eigenvalue weighted by Gasteiger charge is 2.34. The minimum Gasteiger partial charge on any atom is -0.439 e. The molecule has 1 saturated heterocycles. The van der Waals surface area contributed by atoms with Crippen LogP contribution < -0.4 is 10.1 Å². The summed E-state index contributed by atoms with van der Waals surface area (Å²) in [6.07, 6.45) is 4.15. The molecule has 1 aliphatic heterocycles. The van der Waals surface area contributed by atoms with Crippen LogP contribution in [0.25, 0.3) is 0 Å². The smallest absolute Gasteiger partial charge is 0.222 e. The minimum atomic E-state index is 0.774. The third-order valence-electron chi connectivity index (χ3n) is 5.36. The van der Waals surface area contributed by atoms with E-state index in [0.717, 1.165) is 47.9 Å². The van der Waals surface area contributed by atoms with Crippen molar-refractivity contribution in [2.24, 2.45) is 13.0 Å². The van der Waals surface area contributed by atoms with Crippen molar-refractivity contribution in [2.45, 2.75) is 38.8 Å². The van der Waals surface area contributed by atoms with E-state index < -0.39 is 0 Å². The van der Waals surface area contributed by atoms with Gasteiger partial charge in [-0.1, -0.05) is 18.2 Å². The van der Waals surface area contributed by atoms with Crippen molar-refractivity contribution in [3.05, 3.63) is 41.6 Å². The van der Waals surface area contributed by atoms with Crippen LogP contribution in [0.15, 0.2) is 30.3 Å². The average molecular weight is 340 g/mol. The fourth-order valence-electron chi connectivity index (χ4n) is 3.81. The van der Waals surface area contributed by atoms with Gasteiger partial charge in [-0.25, -0.2) is 4.68 Å². The molecule has 134 valence electrons. The van der Waals surface area contributed by atoms with Crippen LogP contribution in [0.3, 0.4) is 0 Å². The molecule has 2 heterocycles. The lowest BCUT2D eigenvalue weighted by Crippen LogP contribution is -2.27. The number of rotatable bonds is 7. The Bertz CT molecular complexity index is 708. The Balaban J connectivity index is 1.35. The Hall–Kier alpha value is -1.85. The SMILES string of the molecule is Cc1nn(C)c(Oc2ccccc2)c1CNC[C@@H]1CCN(C2CC2)C1. The molecule has 5 heteroatoms. The summed E-state index contributed by atoms with van der Waals surface area (Å²) in [6.45, 7) is 6.48. The lowest BCUT2D eigenvalue weighted by Gasteiger charge is -2.15. The van der Waals surface area contributed by atoms with E-state index in [0.29, 0.717) is 0 Å². The first kappa shape index (κ1) is 16.6. The molecule has 4 rings (SSSR count). The number of aryl methyl sites for hydroxylation is 2. The Morgan fingerprint density at radius 3 is 2.76 bits per heavy atom. The normalized spacial score (nSPS) is 21.0. The van der Waals surface area contributed by atoms with Crippen molar-refractivity contribution in [2.75, 3.05) is 19.6 Å². The number of hydrogen-bond donors (Lipinski definition) is 1. The molecule has 2 aromatic rings. The summed E-state index contributed by atoms with van der Waals surface area (Å²) in [4.78, 5) is 2.67. The van der Waals surface area contributed by atoms with Crippen molar-refractivity contribution in [3.63, 3.8) is 0 Å². The summed E-state index contributed by atoms with van der Waals surface area (Å²) in [7, 11) is 1.94. The van der Waals surface area contributed by atoms with Gasteiger partial charge in [-0.05, 0) is 57.3 Å². The molecule has 0 spiro atoms. The third kappa shape index (κ3) is 3.88. The monoisotopic (exact) mass is 340 g/mol. The van der Waals surface area contributed by atoms with Crippen LogP contribution in [-0.2, 0) is 13.6 Å². The van der Waals surface area contributed by atoms with Gasteiger partial charge in [-0.3, -0.25) is 0 Å². The molecule has 0 amide bonds. The number of nitrogens with zero attached hydrogens (tertiary/aromatic N) is 3. The van der Waals surface area contributed by atoms with E-state index in [1.54, 1.807) is 0 Å². The Kier molecular flexibility index (Phi) is 4.77. The summed E-state index contributed by atoms with van der Waals surface area (Å²) in [5.41, 5.74) is 2.19. The maximum atomic E-state index is 6.09. The fourth-order valence-corrected chi connectivity index (χ4v) is 3.81. The Morgan fingerprint density at radius 2 is 2.00 bits per heavy atom. The van der Waals surface area contributed by atoms with Crippen LogP contribution in [0.2, 0.25) is 0 Å². The quantitative estimate of drug-likeness (QED) is 0.841. The number of hydrogen-bond acceptors (Lipinski definition) is 4. The predicted octanol–water partition coefficient (Wildman–Crippen LogP) is 3.09. The van der Waals surface area contributed by atoms with E-state index in [2.05, 4.69) is 22.2 Å². The molecule has 1 N–H and O–H groups in total. The Morgan fingerprint density at radius 1 is 1.20 bits per heavy atom. The van der Waals surface area contributed by atoms with Crippen LogP contribution >= 0.6 is 0 Å². The second kappa shape index (κ2) is 7.18. The van der Waals surface area contributed by atoms with Gasteiger partial charge in [0, 0.05) is 26.2 Å². The second-order valence-electron chi connectivity index (χ2n) is 7.42. The van der Waals surface area contributed by atoms with Gasteiger partial charge >= 0.3 is 0 Å². The number of nitrogens with one attached hydrogen (secondary N) is 1. The lowest BCUT2D eigenvalue weighted by atomic mass is 10.1. The zero-order chi connectivity index (χ0) is 17.2. The zero-order valence-corrected chi connectivity index (χ0v) is 15.2. The minimum absolute atomic E-state index is 0.774. The topological polar surface area (TPSA) is 42.3 Å². The molecule has 2 aliphatic rings. The third-order valence-corrected chi connectivity index (χ3v) is 5.36. The number of ether oxygens (including phenoxy) is 1. The van der Waals surface area contributed by atoms with Gasteiger partial charge in [-0.15, -0.1) is 0 Å². The predicted molar refractivity (Wildman–Crippen MR) is 98.9 cm³/mol. The highest BCUT2D eigenvalue weighted by atomic mass is 16.5. The van der Waals surface area contributed by atoms with Crippen molar-refractivity contribution < 1.29 is 4.74 Å². The van der Waals surface area contributed by atoms with Crippen LogP contribution in [0.1, 0.15) is 30.5 Å². The molecule has 0 unspecified atom stereocenters. The molecule has 1 aliphatic carbocycles. The molecule has 0 bridgehead atoms. The van der Waals surface area contributed by atoms with Gasteiger partial charge in [0.2, 0.25) is 5.88 Å². The largest absolute Gasteiger partial charge is 0.439 e. The maximum absolute atomic E-state index is 6.09. The summed E-state index contributed by atoms with van der Waals surface area (Å²) in [5, 5.41) is 8.19. The van der Waals surface area contributed by atoms with Crippen LogP contribution in [-0.4, -0.2) is 40.4 Å². The number of aromatic nitrogens is 2. The molecule has 0 radical (unpaired) electrons. The number of benzene rings is 1. The first-order chi connectivity index (χ1) is 12.2. The highest BCUT2D eigenvalue weighted by molar-refractivity contribution is 5.35. The fraction of sp³-hybridized carbons (Fsp3) is 0.550.